The van der Waals surface area contributed by atoms with E-state index in [1.165, 1.54) is 88.3 Å². The van der Waals surface area contributed by atoms with Gasteiger partial charge in [-0.05, 0) is 49.7 Å². The van der Waals surface area contributed by atoms with E-state index in [0.717, 1.165) is 6.42 Å². The molecule has 2 aromatic rings. The summed E-state index contributed by atoms with van der Waals surface area (Å²) in [6.45, 7) is 5.04. The third-order valence-electron chi connectivity index (χ3n) is 7.91. The zero-order valence-electron chi connectivity index (χ0n) is 17.1. The Morgan fingerprint density at radius 2 is 1.52 bits per heavy atom. The molecule has 0 amide bonds. The standard InChI is InChI=1S/C26H28N2.Re/c1-5-17-13-19-15-20-14-18-6-2-10-28-12-4-8-22(26(18)28)24(20)16-23(19)21-7-3-11-27(9-1)25(17)21;/h13-14H,1-12,16H2;. The van der Waals surface area contributed by atoms with Crippen LogP contribution in [0.3, 0.4) is 0 Å². The second-order valence-corrected chi connectivity index (χ2v) is 9.47. The molecule has 0 saturated heterocycles. The molecule has 3 heteroatoms. The smallest absolute Gasteiger partial charge is 0.191 e. The van der Waals surface area contributed by atoms with E-state index in [-0.39, 0.29) is 20.4 Å². The normalized spacial score (nSPS) is 20.6. The minimum atomic E-state index is 0. The van der Waals surface area contributed by atoms with E-state index < -0.39 is 0 Å². The molecule has 1 aliphatic carbocycles. The largest absolute Gasteiger partial charge is 0.372 e. The van der Waals surface area contributed by atoms with Crippen molar-refractivity contribution in [2.24, 2.45) is 0 Å². The van der Waals surface area contributed by atoms with E-state index in [4.69, 9.17) is 0 Å². The van der Waals surface area contributed by atoms with E-state index in [1.54, 1.807) is 44.4 Å². The van der Waals surface area contributed by atoms with Crippen molar-refractivity contribution in [3.8, 4) is 0 Å². The summed E-state index contributed by atoms with van der Waals surface area (Å²) in [6, 6.07) is 5.01. The van der Waals surface area contributed by atoms with Gasteiger partial charge in [0.15, 0.2) is 5.36 Å². The predicted molar refractivity (Wildman–Crippen MR) is 114 cm³/mol. The van der Waals surface area contributed by atoms with E-state index >= 15 is 0 Å². The van der Waals surface area contributed by atoms with Gasteiger partial charge in [0.1, 0.15) is 13.1 Å². The van der Waals surface area contributed by atoms with Crippen LogP contribution in [0.25, 0.3) is 6.08 Å². The maximum Gasteiger partial charge on any atom is 0.191 e. The molecule has 2 nitrogen and oxygen atoms in total. The number of rotatable bonds is 0. The summed E-state index contributed by atoms with van der Waals surface area (Å²) in [6.07, 6.45) is 15.4. The van der Waals surface area contributed by atoms with Crippen LogP contribution in [0.2, 0.25) is 0 Å². The van der Waals surface area contributed by atoms with Crippen LogP contribution >= 0.6 is 0 Å². The Bertz CT molecular complexity index is 1150. The van der Waals surface area contributed by atoms with Crippen LogP contribution in [0.15, 0.2) is 12.1 Å². The van der Waals surface area contributed by atoms with E-state index in [0.29, 0.717) is 0 Å². The molecule has 149 valence electrons. The quantitative estimate of drug-likeness (QED) is 0.306. The summed E-state index contributed by atoms with van der Waals surface area (Å²) < 4.78 is 2.69. The van der Waals surface area contributed by atoms with Gasteiger partial charge in [-0.2, -0.15) is 0 Å². The molecule has 4 aliphatic heterocycles. The Morgan fingerprint density at radius 3 is 2.41 bits per heavy atom. The fourth-order valence-electron chi connectivity index (χ4n) is 6.80. The van der Waals surface area contributed by atoms with Crippen molar-refractivity contribution in [2.75, 3.05) is 31.1 Å². The Hall–Kier alpha value is -1.43. The molecule has 2 aromatic carbocycles. The number of hydrogen-bond donors (Lipinski definition) is 0. The maximum atomic E-state index is 3.93. The van der Waals surface area contributed by atoms with Gasteiger partial charge in [-0.3, -0.25) is 0 Å². The van der Waals surface area contributed by atoms with Crippen molar-refractivity contribution >= 4 is 11.8 Å². The average Bonchev–Trinajstić information content (AvgIpc) is 2.74. The molecule has 0 spiro atoms. The Morgan fingerprint density at radius 1 is 0.759 bits per heavy atom. The van der Waals surface area contributed by atoms with Crippen molar-refractivity contribution in [3.05, 3.63) is 61.7 Å². The molecular formula is C26H28N2Re. The summed E-state index contributed by atoms with van der Waals surface area (Å²) >= 11 is 0. The first-order valence-electron chi connectivity index (χ1n) is 11.5. The molecule has 0 unspecified atom stereocenters. The van der Waals surface area contributed by atoms with Crippen LogP contribution in [0, 0.1) is 0 Å². The molecule has 0 N–H and O–H groups in total. The zero-order chi connectivity index (χ0) is 18.2. The molecule has 4 heterocycles. The maximum absolute atomic E-state index is 3.93. The van der Waals surface area contributed by atoms with E-state index in [1.807, 2.05) is 0 Å². The molecule has 0 atom stereocenters. The van der Waals surface area contributed by atoms with Crippen molar-refractivity contribution in [1.29, 1.82) is 0 Å². The van der Waals surface area contributed by atoms with Crippen molar-refractivity contribution in [3.63, 3.8) is 0 Å². The fraction of sp³-hybridized carbons (Fsp3) is 0.500. The van der Waals surface area contributed by atoms with Gasteiger partial charge < -0.3 is 4.90 Å². The molecule has 7 rings (SSSR count). The topological polar surface area (TPSA) is 6.25 Å². The molecule has 0 saturated carbocycles. The number of benzene rings is 2. The number of fused-ring (bicyclic) bond motifs is 4. The van der Waals surface area contributed by atoms with Crippen LogP contribution in [0.4, 0.5) is 5.69 Å². The van der Waals surface area contributed by atoms with Gasteiger partial charge in [-0.25, -0.2) is 4.58 Å². The summed E-state index contributed by atoms with van der Waals surface area (Å²) in [7, 11) is 0. The Labute approximate surface area is 187 Å². The van der Waals surface area contributed by atoms with Crippen LogP contribution < -0.4 is 20.1 Å². The van der Waals surface area contributed by atoms with Crippen LogP contribution in [0.5, 0.6) is 0 Å². The number of nitrogens with zero attached hydrogens (tertiary/aromatic N) is 2. The molecule has 5 aliphatic rings. The van der Waals surface area contributed by atoms with Gasteiger partial charge >= 0.3 is 0 Å². The fourth-order valence-corrected chi connectivity index (χ4v) is 6.80. The van der Waals surface area contributed by atoms with Gasteiger partial charge in [-0.1, -0.05) is 23.1 Å². The monoisotopic (exact) mass is 555 g/mol. The van der Waals surface area contributed by atoms with Crippen LogP contribution in [-0.2, 0) is 52.5 Å². The third-order valence-corrected chi connectivity index (χ3v) is 7.91. The van der Waals surface area contributed by atoms with Crippen molar-refractivity contribution in [2.45, 2.75) is 57.8 Å². The van der Waals surface area contributed by atoms with Crippen LogP contribution in [-0.4, -0.2) is 26.2 Å². The number of anilines is 1. The molecule has 29 heavy (non-hydrogen) atoms. The minimum absolute atomic E-state index is 0. The summed E-state index contributed by atoms with van der Waals surface area (Å²) in [4.78, 5) is 2.69. The SMILES string of the molecule is [C-]1=c2cc3c4c(c2Cc2c1cc1c5c2CCCN5CCC1)CCC[N+]=4CCC3.[Re]. The summed E-state index contributed by atoms with van der Waals surface area (Å²) in [5, 5.41) is 3.04. The average molecular weight is 555 g/mol. The minimum Gasteiger partial charge on any atom is -0.372 e. The predicted octanol–water partition coefficient (Wildman–Crippen LogP) is 2.38. The Kier molecular flexibility index (Phi) is 4.30. The summed E-state index contributed by atoms with van der Waals surface area (Å²) in [5.74, 6) is 0. The van der Waals surface area contributed by atoms with Gasteiger partial charge in [0.2, 0.25) is 0 Å². The first-order chi connectivity index (χ1) is 13.9. The zero-order valence-corrected chi connectivity index (χ0v) is 19.8. The van der Waals surface area contributed by atoms with Crippen molar-refractivity contribution in [1.82, 2.24) is 4.58 Å². The first kappa shape index (κ1) is 18.3. The second kappa shape index (κ2) is 6.79. The molecule has 1 radical (unpaired) electrons. The summed E-state index contributed by atoms with van der Waals surface area (Å²) in [5.41, 5.74) is 12.8. The van der Waals surface area contributed by atoms with E-state index in [9.17, 15) is 0 Å². The number of aryl methyl sites for hydroxylation is 2. The second-order valence-electron chi connectivity index (χ2n) is 9.47. The number of hydrogen-bond acceptors (Lipinski definition) is 1. The third kappa shape index (κ3) is 2.60. The molecular weight excluding hydrogens is 527 g/mol. The van der Waals surface area contributed by atoms with Gasteiger partial charge in [-0.15, -0.1) is 34.6 Å². The Balaban J connectivity index is 0.00000165. The molecule has 0 fully saturated rings. The van der Waals surface area contributed by atoms with Gasteiger partial charge in [0, 0.05) is 52.0 Å². The van der Waals surface area contributed by atoms with Gasteiger partial charge in [0.05, 0.1) is 0 Å². The van der Waals surface area contributed by atoms with Crippen LogP contribution in [0.1, 0.15) is 64.6 Å². The molecule has 0 aromatic heterocycles. The van der Waals surface area contributed by atoms with Gasteiger partial charge in [0.25, 0.3) is 0 Å². The van der Waals surface area contributed by atoms with E-state index in [2.05, 4.69) is 27.7 Å². The molecule has 0 bridgehead atoms. The first-order valence-corrected chi connectivity index (χ1v) is 11.5. The van der Waals surface area contributed by atoms with Crippen molar-refractivity contribution < 1.29 is 20.4 Å².